The van der Waals surface area contributed by atoms with Gasteiger partial charge in [0.1, 0.15) is 6.79 Å². The van der Waals surface area contributed by atoms with Gasteiger partial charge in [-0.05, 0) is 18.8 Å². The molecule has 0 amide bonds. The van der Waals surface area contributed by atoms with Gasteiger partial charge in [0, 0.05) is 13.1 Å². The number of nitrogens with one attached hydrogen (secondary N) is 1. The Kier molecular flexibility index (Phi) is 2.41. The first-order valence-electron chi connectivity index (χ1n) is 4.35. The maximum absolute atomic E-state index is 5.37. The predicted molar refractivity (Wildman–Crippen MR) is 41.3 cm³/mol. The first-order valence-corrected chi connectivity index (χ1v) is 4.35. The molecule has 2 rings (SSSR count). The molecule has 3 nitrogen and oxygen atoms in total. The largest absolute Gasteiger partial charge is 0.355 e. The summed E-state index contributed by atoms with van der Waals surface area (Å²) < 4.78 is 10.7. The number of rotatable bonds is 5. The Bertz CT molecular complexity index is 121. The minimum absolute atomic E-state index is 0.411. The minimum Gasteiger partial charge on any atom is -0.355 e. The number of hydrogen-bond donors (Lipinski definition) is 1. The zero-order valence-corrected chi connectivity index (χ0v) is 6.71. The third kappa shape index (κ3) is 2.43. The zero-order valence-electron chi connectivity index (χ0n) is 6.71. The van der Waals surface area contributed by atoms with E-state index in [0.29, 0.717) is 12.9 Å². The van der Waals surface area contributed by atoms with E-state index in [1.165, 1.54) is 12.8 Å². The molecular weight excluding hydrogens is 142 g/mol. The van der Waals surface area contributed by atoms with Crippen LogP contribution in [0.15, 0.2) is 0 Å². The molecule has 0 aromatic heterocycles. The highest BCUT2D eigenvalue weighted by Gasteiger charge is 2.22. The molecule has 1 aliphatic heterocycles. The summed E-state index contributed by atoms with van der Waals surface area (Å²) in [5.74, 6) is 0.845. The number of hydrogen-bond acceptors (Lipinski definition) is 3. The van der Waals surface area contributed by atoms with Crippen molar-refractivity contribution in [3.8, 4) is 0 Å². The van der Waals surface area contributed by atoms with Crippen LogP contribution in [-0.2, 0) is 9.47 Å². The van der Waals surface area contributed by atoms with Crippen molar-refractivity contribution in [2.75, 3.05) is 26.5 Å². The van der Waals surface area contributed by atoms with Gasteiger partial charge < -0.3 is 14.8 Å². The molecule has 64 valence electrons. The molecular formula is C8H15NO2. The normalized spacial score (nSPS) is 25.1. The molecule has 2 fully saturated rings. The summed E-state index contributed by atoms with van der Waals surface area (Å²) in [5, 5.41) is 3.14. The minimum atomic E-state index is 0.411. The van der Waals surface area contributed by atoms with Gasteiger partial charge in [-0.2, -0.15) is 0 Å². The first-order chi connectivity index (χ1) is 5.45. The summed E-state index contributed by atoms with van der Waals surface area (Å²) in [6, 6.07) is 0. The molecule has 0 aromatic rings. The standard InChI is InChI=1S/C8H15NO2/c1-2-7(1)5-10-6-11-8-3-9-4-8/h7-9H,1-6H2. The summed E-state index contributed by atoms with van der Waals surface area (Å²) in [7, 11) is 0. The van der Waals surface area contributed by atoms with Gasteiger partial charge in [-0.1, -0.05) is 0 Å². The van der Waals surface area contributed by atoms with Gasteiger partial charge in [-0.25, -0.2) is 0 Å². The smallest absolute Gasteiger partial charge is 0.147 e. The molecule has 0 radical (unpaired) electrons. The Balaban J connectivity index is 1.40. The summed E-state index contributed by atoms with van der Waals surface area (Å²) in [5.41, 5.74) is 0. The fourth-order valence-corrected chi connectivity index (χ4v) is 1.02. The molecule has 1 heterocycles. The van der Waals surface area contributed by atoms with Crippen molar-refractivity contribution in [2.24, 2.45) is 5.92 Å². The van der Waals surface area contributed by atoms with Crippen molar-refractivity contribution in [1.29, 1.82) is 0 Å². The van der Waals surface area contributed by atoms with E-state index < -0.39 is 0 Å². The van der Waals surface area contributed by atoms with Gasteiger partial charge in [0.05, 0.1) is 12.7 Å². The Labute approximate surface area is 67.1 Å². The Morgan fingerprint density at radius 1 is 1.27 bits per heavy atom. The van der Waals surface area contributed by atoms with Gasteiger partial charge in [0.15, 0.2) is 0 Å². The van der Waals surface area contributed by atoms with Crippen molar-refractivity contribution in [2.45, 2.75) is 18.9 Å². The van der Waals surface area contributed by atoms with E-state index in [0.717, 1.165) is 25.6 Å². The SMILES string of the molecule is C(OCC1CC1)OC1CNC1. The van der Waals surface area contributed by atoms with Crippen LogP contribution in [0.3, 0.4) is 0 Å². The van der Waals surface area contributed by atoms with Crippen LogP contribution in [0.25, 0.3) is 0 Å². The van der Waals surface area contributed by atoms with Gasteiger partial charge in [0.2, 0.25) is 0 Å². The molecule has 0 spiro atoms. The molecule has 2 aliphatic rings. The van der Waals surface area contributed by atoms with Crippen LogP contribution in [0, 0.1) is 5.92 Å². The monoisotopic (exact) mass is 157 g/mol. The summed E-state index contributed by atoms with van der Waals surface area (Å²) in [6.07, 6.45) is 3.12. The van der Waals surface area contributed by atoms with E-state index in [2.05, 4.69) is 5.32 Å². The van der Waals surface area contributed by atoms with Crippen molar-refractivity contribution in [1.82, 2.24) is 5.32 Å². The van der Waals surface area contributed by atoms with Crippen molar-refractivity contribution >= 4 is 0 Å². The zero-order chi connectivity index (χ0) is 7.52. The Hall–Kier alpha value is -0.120. The Morgan fingerprint density at radius 3 is 2.64 bits per heavy atom. The summed E-state index contributed by atoms with van der Waals surface area (Å²) in [4.78, 5) is 0. The van der Waals surface area contributed by atoms with E-state index in [1.54, 1.807) is 0 Å². The van der Waals surface area contributed by atoms with Crippen LogP contribution in [0.4, 0.5) is 0 Å². The van der Waals surface area contributed by atoms with E-state index in [1.807, 2.05) is 0 Å². The van der Waals surface area contributed by atoms with Gasteiger partial charge in [-0.3, -0.25) is 0 Å². The maximum atomic E-state index is 5.37. The lowest BCUT2D eigenvalue weighted by molar-refractivity contribution is -0.105. The third-order valence-electron chi connectivity index (χ3n) is 2.18. The molecule has 11 heavy (non-hydrogen) atoms. The fourth-order valence-electron chi connectivity index (χ4n) is 1.02. The van der Waals surface area contributed by atoms with Crippen LogP contribution in [0.5, 0.6) is 0 Å². The van der Waals surface area contributed by atoms with E-state index in [-0.39, 0.29) is 0 Å². The molecule has 0 aromatic carbocycles. The average molecular weight is 157 g/mol. The highest BCUT2D eigenvalue weighted by Crippen LogP contribution is 2.28. The quantitative estimate of drug-likeness (QED) is 0.461. The van der Waals surface area contributed by atoms with Crippen LogP contribution in [0.1, 0.15) is 12.8 Å². The average Bonchev–Trinajstić information content (AvgIpc) is 2.66. The molecule has 0 atom stereocenters. The molecule has 0 unspecified atom stereocenters. The topological polar surface area (TPSA) is 30.5 Å². The van der Waals surface area contributed by atoms with E-state index in [9.17, 15) is 0 Å². The second-order valence-electron chi connectivity index (χ2n) is 3.38. The highest BCUT2D eigenvalue weighted by molar-refractivity contribution is 4.74. The molecule has 3 heteroatoms. The van der Waals surface area contributed by atoms with Crippen LogP contribution < -0.4 is 5.32 Å². The molecule has 1 N–H and O–H groups in total. The predicted octanol–water partition coefficient (Wildman–Crippen LogP) is 0.359. The summed E-state index contributed by atoms with van der Waals surface area (Å²) >= 11 is 0. The second-order valence-corrected chi connectivity index (χ2v) is 3.38. The second kappa shape index (κ2) is 3.52. The lowest BCUT2D eigenvalue weighted by atomic mass is 10.2. The van der Waals surface area contributed by atoms with E-state index in [4.69, 9.17) is 9.47 Å². The van der Waals surface area contributed by atoms with Crippen LogP contribution in [0.2, 0.25) is 0 Å². The molecule has 1 aliphatic carbocycles. The maximum Gasteiger partial charge on any atom is 0.147 e. The molecule has 1 saturated heterocycles. The molecule has 1 saturated carbocycles. The first kappa shape index (κ1) is 7.53. The summed E-state index contributed by atoms with van der Waals surface area (Å²) in [6.45, 7) is 3.38. The van der Waals surface area contributed by atoms with Crippen molar-refractivity contribution in [3.05, 3.63) is 0 Å². The van der Waals surface area contributed by atoms with Crippen molar-refractivity contribution in [3.63, 3.8) is 0 Å². The Morgan fingerprint density at radius 2 is 2.09 bits per heavy atom. The lowest BCUT2D eigenvalue weighted by Crippen LogP contribution is -2.48. The van der Waals surface area contributed by atoms with Gasteiger partial charge in [0.25, 0.3) is 0 Å². The van der Waals surface area contributed by atoms with E-state index >= 15 is 0 Å². The fraction of sp³-hybridized carbons (Fsp3) is 1.00. The van der Waals surface area contributed by atoms with Crippen LogP contribution >= 0.6 is 0 Å². The van der Waals surface area contributed by atoms with Crippen molar-refractivity contribution < 1.29 is 9.47 Å². The van der Waals surface area contributed by atoms with Crippen LogP contribution in [-0.4, -0.2) is 32.6 Å². The lowest BCUT2D eigenvalue weighted by Gasteiger charge is -2.26. The molecule has 0 bridgehead atoms. The third-order valence-corrected chi connectivity index (χ3v) is 2.18. The number of ether oxygens (including phenoxy) is 2. The van der Waals surface area contributed by atoms with Gasteiger partial charge >= 0.3 is 0 Å². The highest BCUT2D eigenvalue weighted by atomic mass is 16.7. The van der Waals surface area contributed by atoms with Gasteiger partial charge in [-0.15, -0.1) is 0 Å².